The maximum Gasteiger partial charge on any atom is 0.265 e. The third kappa shape index (κ3) is 4.86. The van der Waals surface area contributed by atoms with Crippen LogP contribution in [0.3, 0.4) is 0 Å². The molecule has 8 heteroatoms. The van der Waals surface area contributed by atoms with Crippen molar-refractivity contribution in [3.63, 3.8) is 0 Å². The summed E-state index contributed by atoms with van der Waals surface area (Å²) in [7, 11) is 0. The van der Waals surface area contributed by atoms with Gasteiger partial charge >= 0.3 is 0 Å². The number of rotatable bonds is 5. The molecule has 1 heterocycles. The maximum absolute atomic E-state index is 13.4. The SMILES string of the molecule is Cc1cc2oc(-c3ccc(Cl)cc3)c(OC(C)C(=O)Nc3ccccc3Cl)c(=O)c2cc1Cl. The fraction of sp³-hybridized carbons (Fsp3) is 0.120. The van der Waals surface area contributed by atoms with Crippen LogP contribution in [-0.4, -0.2) is 12.0 Å². The van der Waals surface area contributed by atoms with Gasteiger partial charge in [-0.3, -0.25) is 9.59 Å². The highest BCUT2D eigenvalue weighted by molar-refractivity contribution is 6.33. The molecule has 33 heavy (non-hydrogen) atoms. The molecule has 0 bridgehead atoms. The fourth-order valence-electron chi connectivity index (χ4n) is 3.22. The Balaban J connectivity index is 1.78. The lowest BCUT2D eigenvalue weighted by Gasteiger charge is -2.17. The summed E-state index contributed by atoms with van der Waals surface area (Å²) in [5.41, 5.74) is 1.67. The third-order valence-corrected chi connectivity index (χ3v) is 6.02. The van der Waals surface area contributed by atoms with Crippen LogP contribution in [0.4, 0.5) is 5.69 Å². The maximum atomic E-state index is 13.4. The van der Waals surface area contributed by atoms with Gasteiger partial charge in [0.15, 0.2) is 11.9 Å². The molecule has 1 amide bonds. The molecule has 4 rings (SSSR count). The normalized spacial score (nSPS) is 11.9. The number of nitrogens with one attached hydrogen (secondary N) is 1. The Kier molecular flexibility index (Phi) is 6.66. The van der Waals surface area contributed by atoms with E-state index in [1.807, 2.05) is 6.92 Å². The summed E-state index contributed by atoms with van der Waals surface area (Å²) in [4.78, 5) is 26.2. The van der Waals surface area contributed by atoms with Crippen molar-refractivity contribution in [3.05, 3.63) is 91.5 Å². The van der Waals surface area contributed by atoms with Gasteiger partial charge in [0.2, 0.25) is 11.2 Å². The summed E-state index contributed by atoms with van der Waals surface area (Å²) < 4.78 is 11.9. The van der Waals surface area contributed by atoms with E-state index in [-0.39, 0.29) is 16.9 Å². The predicted molar refractivity (Wildman–Crippen MR) is 133 cm³/mol. The first-order valence-electron chi connectivity index (χ1n) is 9.99. The summed E-state index contributed by atoms with van der Waals surface area (Å²) in [6.45, 7) is 3.35. The number of fused-ring (bicyclic) bond motifs is 1. The molecule has 1 unspecified atom stereocenters. The van der Waals surface area contributed by atoms with Crippen molar-refractivity contribution in [1.82, 2.24) is 0 Å². The van der Waals surface area contributed by atoms with Crippen LogP contribution in [0.15, 0.2) is 69.9 Å². The second-order valence-electron chi connectivity index (χ2n) is 7.42. The highest BCUT2D eigenvalue weighted by Crippen LogP contribution is 2.34. The number of amides is 1. The van der Waals surface area contributed by atoms with Crippen LogP contribution < -0.4 is 15.5 Å². The number of hydrogen-bond acceptors (Lipinski definition) is 4. The molecule has 1 aromatic heterocycles. The first-order chi connectivity index (χ1) is 15.7. The van der Waals surface area contributed by atoms with Gasteiger partial charge in [0.05, 0.1) is 16.1 Å². The van der Waals surface area contributed by atoms with Gasteiger partial charge in [0.1, 0.15) is 5.58 Å². The van der Waals surface area contributed by atoms with Crippen LogP contribution >= 0.6 is 34.8 Å². The van der Waals surface area contributed by atoms with Gasteiger partial charge in [0.25, 0.3) is 5.91 Å². The first-order valence-corrected chi connectivity index (χ1v) is 11.1. The molecule has 1 atom stereocenters. The quantitative estimate of drug-likeness (QED) is 0.315. The zero-order valence-electron chi connectivity index (χ0n) is 17.6. The molecule has 0 fully saturated rings. The van der Waals surface area contributed by atoms with Crippen molar-refractivity contribution >= 4 is 57.4 Å². The summed E-state index contributed by atoms with van der Waals surface area (Å²) in [5.74, 6) is -0.401. The van der Waals surface area contributed by atoms with E-state index in [1.165, 1.54) is 13.0 Å². The lowest BCUT2D eigenvalue weighted by molar-refractivity contribution is -0.122. The number of anilines is 1. The minimum atomic E-state index is -1.03. The zero-order valence-corrected chi connectivity index (χ0v) is 19.9. The molecule has 0 saturated heterocycles. The smallest absolute Gasteiger partial charge is 0.265 e. The average Bonchev–Trinajstić information content (AvgIpc) is 2.79. The summed E-state index contributed by atoms with van der Waals surface area (Å²) in [5, 5.41) is 4.28. The van der Waals surface area contributed by atoms with Crippen molar-refractivity contribution in [3.8, 4) is 17.1 Å². The van der Waals surface area contributed by atoms with Crippen LogP contribution in [0.1, 0.15) is 12.5 Å². The van der Waals surface area contributed by atoms with Crippen LogP contribution in [0.5, 0.6) is 5.75 Å². The number of carbonyl (C=O) groups excluding carboxylic acids is 1. The van der Waals surface area contributed by atoms with Crippen molar-refractivity contribution in [2.75, 3.05) is 5.32 Å². The largest absolute Gasteiger partial charge is 0.473 e. The fourth-order valence-corrected chi connectivity index (χ4v) is 3.70. The molecule has 0 spiro atoms. The first kappa shape index (κ1) is 23.2. The molecule has 4 aromatic rings. The van der Waals surface area contributed by atoms with Gasteiger partial charge in [-0.2, -0.15) is 0 Å². The molecule has 0 aliphatic heterocycles. The van der Waals surface area contributed by atoms with E-state index in [9.17, 15) is 9.59 Å². The lowest BCUT2D eigenvalue weighted by Crippen LogP contribution is -2.32. The molecule has 0 radical (unpaired) electrons. The summed E-state index contributed by atoms with van der Waals surface area (Å²) in [6.07, 6.45) is -1.03. The number of aryl methyl sites for hydroxylation is 1. The average molecular weight is 503 g/mol. The third-order valence-electron chi connectivity index (χ3n) is 5.03. The molecule has 0 saturated carbocycles. The van der Waals surface area contributed by atoms with Gasteiger partial charge in [-0.1, -0.05) is 46.9 Å². The monoisotopic (exact) mass is 501 g/mol. The van der Waals surface area contributed by atoms with Gasteiger partial charge in [-0.25, -0.2) is 0 Å². The number of benzene rings is 3. The number of carbonyl (C=O) groups is 1. The number of ether oxygens (including phenoxy) is 1. The molecule has 168 valence electrons. The van der Waals surface area contributed by atoms with Gasteiger partial charge in [-0.15, -0.1) is 0 Å². The van der Waals surface area contributed by atoms with E-state index in [0.29, 0.717) is 31.9 Å². The van der Waals surface area contributed by atoms with Crippen LogP contribution in [-0.2, 0) is 4.79 Å². The molecule has 1 N–H and O–H groups in total. The topological polar surface area (TPSA) is 68.5 Å². The number of hydrogen-bond donors (Lipinski definition) is 1. The van der Waals surface area contributed by atoms with E-state index < -0.39 is 17.4 Å². The predicted octanol–water partition coefficient (Wildman–Crippen LogP) is 7.13. The molecular formula is C25H18Cl3NO4. The van der Waals surface area contributed by atoms with Crippen molar-refractivity contribution in [2.45, 2.75) is 20.0 Å². The van der Waals surface area contributed by atoms with Crippen LogP contribution in [0, 0.1) is 6.92 Å². The Bertz CT molecular complexity index is 1410. The van der Waals surface area contributed by atoms with E-state index in [1.54, 1.807) is 54.6 Å². The van der Waals surface area contributed by atoms with Crippen molar-refractivity contribution < 1.29 is 13.9 Å². The van der Waals surface area contributed by atoms with Gasteiger partial charge in [-0.05, 0) is 67.9 Å². The standard InChI is InChI=1S/C25H18Cl3NO4/c1-13-11-21-17(12-19(13)28)22(30)24(23(33-21)15-7-9-16(26)10-8-15)32-14(2)25(31)29-20-6-4-3-5-18(20)27/h3-12,14H,1-2H3,(H,29,31). The highest BCUT2D eigenvalue weighted by Gasteiger charge is 2.24. The molecule has 0 aliphatic carbocycles. The minimum absolute atomic E-state index is 0.105. The Morgan fingerprint density at radius 3 is 2.39 bits per heavy atom. The zero-order chi connectivity index (χ0) is 23.7. The summed E-state index contributed by atoms with van der Waals surface area (Å²) >= 11 is 18.4. The minimum Gasteiger partial charge on any atom is -0.473 e. The van der Waals surface area contributed by atoms with Crippen molar-refractivity contribution in [2.24, 2.45) is 0 Å². The second kappa shape index (κ2) is 9.48. The Hall–Kier alpha value is -2.99. The van der Waals surface area contributed by atoms with E-state index in [2.05, 4.69) is 5.32 Å². The Morgan fingerprint density at radius 2 is 1.70 bits per heavy atom. The molecule has 3 aromatic carbocycles. The van der Waals surface area contributed by atoms with Crippen LogP contribution in [0.2, 0.25) is 15.1 Å². The number of halogens is 3. The second-order valence-corrected chi connectivity index (χ2v) is 8.67. The van der Waals surface area contributed by atoms with Crippen LogP contribution in [0.25, 0.3) is 22.3 Å². The molecule has 5 nitrogen and oxygen atoms in total. The number of para-hydroxylation sites is 1. The molecular weight excluding hydrogens is 485 g/mol. The Labute approximate surface area is 204 Å². The van der Waals surface area contributed by atoms with E-state index in [0.717, 1.165) is 5.56 Å². The van der Waals surface area contributed by atoms with Gasteiger partial charge in [0, 0.05) is 15.6 Å². The lowest BCUT2D eigenvalue weighted by atomic mass is 10.1. The van der Waals surface area contributed by atoms with Crippen molar-refractivity contribution in [1.29, 1.82) is 0 Å². The summed E-state index contributed by atoms with van der Waals surface area (Å²) in [6, 6.07) is 16.8. The van der Waals surface area contributed by atoms with Gasteiger partial charge < -0.3 is 14.5 Å². The van der Waals surface area contributed by atoms with E-state index >= 15 is 0 Å². The molecule has 0 aliphatic rings. The highest BCUT2D eigenvalue weighted by atomic mass is 35.5. The van der Waals surface area contributed by atoms with E-state index in [4.69, 9.17) is 44.0 Å². The Morgan fingerprint density at radius 1 is 1.00 bits per heavy atom.